The highest BCUT2D eigenvalue weighted by Crippen LogP contribution is 2.19. The van der Waals surface area contributed by atoms with Crippen molar-refractivity contribution >= 4 is 22.6 Å². The number of hydrogen-bond donors (Lipinski definition) is 0. The van der Waals surface area contributed by atoms with Gasteiger partial charge in [0, 0.05) is 0 Å². The Morgan fingerprint density at radius 3 is 2.38 bits per heavy atom. The van der Waals surface area contributed by atoms with Crippen LogP contribution in [0.1, 0.15) is 44.6 Å². The van der Waals surface area contributed by atoms with Crippen LogP contribution in [0, 0.1) is 15.2 Å². The lowest BCUT2D eigenvalue weighted by molar-refractivity contribution is 0.490. The van der Waals surface area contributed by atoms with Gasteiger partial charge in [0.15, 0.2) is 11.6 Å². The van der Waals surface area contributed by atoms with Crippen LogP contribution in [-0.4, -0.2) is 0 Å². The molecular weight excluding hydrogens is 321 g/mol. The lowest BCUT2D eigenvalue weighted by Gasteiger charge is -2.05. The summed E-state index contributed by atoms with van der Waals surface area (Å²) in [5.74, 6) is -1.37. The standard InChI is InChI=1S/C13H17F2I/c1-2-3-4-5-6-7-10-8-9-11(16)13(15)12(10)14/h8-9H,2-7H2,1H3. The highest BCUT2D eigenvalue weighted by atomic mass is 127. The van der Waals surface area contributed by atoms with Crippen molar-refractivity contribution in [3.05, 3.63) is 32.9 Å². The van der Waals surface area contributed by atoms with Crippen LogP contribution in [-0.2, 0) is 6.42 Å². The Labute approximate surface area is 110 Å². The monoisotopic (exact) mass is 338 g/mol. The van der Waals surface area contributed by atoms with Crippen LogP contribution in [0.5, 0.6) is 0 Å². The molecule has 0 radical (unpaired) electrons. The van der Waals surface area contributed by atoms with Gasteiger partial charge >= 0.3 is 0 Å². The lowest BCUT2D eigenvalue weighted by Crippen LogP contribution is -1.97. The molecule has 0 bridgehead atoms. The fraction of sp³-hybridized carbons (Fsp3) is 0.538. The molecule has 90 valence electrons. The van der Waals surface area contributed by atoms with Crippen LogP contribution in [0.3, 0.4) is 0 Å². The van der Waals surface area contributed by atoms with E-state index in [9.17, 15) is 8.78 Å². The molecule has 0 amide bonds. The zero-order valence-corrected chi connectivity index (χ0v) is 11.7. The quantitative estimate of drug-likeness (QED) is 0.385. The molecule has 0 fully saturated rings. The molecular formula is C13H17F2I. The minimum atomic E-state index is -0.702. The van der Waals surface area contributed by atoms with E-state index in [4.69, 9.17) is 0 Å². The van der Waals surface area contributed by atoms with Crippen molar-refractivity contribution in [1.82, 2.24) is 0 Å². The predicted molar refractivity (Wildman–Crippen MR) is 71.5 cm³/mol. The van der Waals surface area contributed by atoms with E-state index in [1.54, 1.807) is 12.1 Å². The van der Waals surface area contributed by atoms with Gasteiger partial charge < -0.3 is 0 Å². The van der Waals surface area contributed by atoms with Crippen LogP contribution in [0.25, 0.3) is 0 Å². The normalized spacial score (nSPS) is 10.8. The van der Waals surface area contributed by atoms with E-state index in [-0.39, 0.29) is 0 Å². The highest BCUT2D eigenvalue weighted by molar-refractivity contribution is 14.1. The number of aryl methyl sites for hydroxylation is 1. The molecule has 0 N–H and O–H groups in total. The molecule has 0 nitrogen and oxygen atoms in total. The van der Waals surface area contributed by atoms with E-state index in [0.29, 0.717) is 15.6 Å². The number of halogens is 3. The summed E-state index contributed by atoms with van der Waals surface area (Å²) < 4.78 is 27.0. The maximum Gasteiger partial charge on any atom is 0.172 e. The van der Waals surface area contributed by atoms with Crippen molar-refractivity contribution in [2.45, 2.75) is 45.4 Å². The molecule has 0 aliphatic rings. The zero-order chi connectivity index (χ0) is 12.0. The van der Waals surface area contributed by atoms with Gasteiger partial charge in [-0.1, -0.05) is 38.7 Å². The van der Waals surface area contributed by atoms with Crippen molar-refractivity contribution in [3.8, 4) is 0 Å². The molecule has 1 aromatic rings. The van der Waals surface area contributed by atoms with Gasteiger partial charge in [0.05, 0.1) is 3.57 Å². The van der Waals surface area contributed by atoms with Gasteiger partial charge in [0.25, 0.3) is 0 Å². The van der Waals surface area contributed by atoms with Crippen LogP contribution < -0.4 is 0 Å². The summed E-state index contributed by atoms with van der Waals surface area (Å²) in [6.07, 6.45) is 6.29. The lowest BCUT2D eigenvalue weighted by atomic mass is 10.1. The van der Waals surface area contributed by atoms with Crippen LogP contribution in [0.15, 0.2) is 12.1 Å². The third-order valence-corrected chi connectivity index (χ3v) is 3.50. The van der Waals surface area contributed by atoms with Gasteiger partial charge in [-0.15, -0.1) is 0 Å². The van der Waals surface area contributed by atoms with Crippen molar-refractivity contribution in [2.24, 2.45) is 0 Å². The van der Waals surface area contributed by atoms with Gasteiger partial charge in [-0.3, -0.25) is 0 Å². The SMILES string of the molecule is CCCCCCCc1ccc(I)c(F)c1F. The average Bonchev–Trinajstić information content (AvgIpc) is 2.28. The topological polar surface area (TPSA) is 0 Å². The van der Waals surface area contributed by atoms with E-state index < -0.39 is 11.6 Å². The number of rotatable bonds is 6. The van der Waals surface area contributed by atoms with Gasteiger partial charge in [-0.05, 0) is 47.1 Å². The summed E-state index contributed by atoms with van der Waals surface area (Å²) >= 11 is 1.81. The summed E-state index contributed by atoms with van der Waals surface area (Å²) in [6.45, 7) is 2.16. The Morgan fingerprint density at radius 1 is 1.00 bits per heavy atom. The second-order valence-corrected chi connectivity index (χ2v) is 5.16. The largest absolute Gasteiger partial charge is 0.203 e. The summed E-state index contributed by atoms with van der Waals surface area (Å²) in [5, 5.41) is 0. The predicted octanol–water partition coefficient (Wildman–Crippen LogP) is 5.08. The summed E-state index contributed by atoms with van der Waals surface area (Å²) in [6, 6.07) is 3.33. The van der Waals surface area contributed by atoms with Gasteiger partial charge in [0.2, 0.25) is 0 Å². The van der Waals surface area contributed by atoms with E-state index in [1.165, 1.54) is 19.3 Å². The third kappa shape index (κ3) is 4.00. The fourth-order valence-electron chi connectivity index (χ4n) is 1.68. The molecule has 0 aliphatic carbocycles. The fourth-order valence-corrected chi connectivity index (χ4v) is 2.09. The first-order valence-corrected chi connectivity index (χ1v) is 6.87. The molecule has 0 aliphatic heterocycles. The molecule has 0 spiro atoms. The van der Waals surface area contributed by atoms with Crippen LogP contribution in [0.4, 0.5) is 8.78 Å². The first kappa shape index (κ1) is 13.9. The number of hydrogen-bond acceptors (Lipinski definition) is 0. The number of benzene rings is 1. The van der Waals surface area contributed by atoms with Crippen LogP contribution >= 0.6 is 22.6 Å². The Bertz CT molecular complexity index is 337. The average molecular weight is 338 g/mol. The Kier molecular flexibility index (Phi) is 6.24. The van der Waals surface area contributed by atoms with Gasteiger partial charge in [-0.2, -0.15) is 0 Å². The Hall–Kier alpha value is -0.190. The summed E-state index contributed by atoms with van der Waals surface area (Å²) in [7, 11) is 0. The third-order valence-electron chi connectivity index (χ3n) is 2.66. The molecule has 0 unspecified atom stereocenters. The van der Waals surface area contributed by atoms with E-state index in [1.807, 2.05) is 22.6 Å². The second-order valence-electron chi connectivity index (χ2n) is 4.00. The zero-order valence-electron chi connectivity index (χ0n) is 9.53. The highest BCUT2D eigenvalue weighted by Gasteiger charge is 2.10. The maximum atomic E-state index is 13.5. The van der Waals surface area contributed by atoms with Crippen molar-refractivity contribution in [3.63, 3.8) is 0 Å². The van der Waals surface area contributed by atoms with Crippen molar-refractivity contribution in [1.29, 1.82) is 0 Å². The summed E-state index contributed by atoms with van der Waals surface area (Å²) in [5.41, 5.74) is 0.509. The van der Waals surface area contributed by atoms with Crippen LogP contribution in [0.2, 0.25) is 0 Å². The molecule has 0 atom stereocenters. The maximum absolute atomic E-state index is 13.5. The second kappa shape index (κ2) is 7.20. The molecule has 1 rings (SSSR count). The Morgan fingerprint density at radius 2 is 1.69 bits per heavy atom. The molecule has 16 heavy (non-hydrogen) atoms. The Balaban J connectivity index is 2.45. The number of unbranched alkanes of at least 4 members (excludes halogenated alkanes) is 4. The molecule has 0 heterocycles. The first-order valence-electron chi connectivity index (χ1n) is 5.79. The molecule has 0 saturated heterocycles. The van der Waals surface area contributed by atoms with Crippen molar-refractivity contribution in [2.75, 3.05) is 0 Å². The van der Waals surface area contributed by atoms with Crippen molar-refractivity contribution < 1.29 is 8.78 Å². The van der Waals surface area contributed by atoms with E-state index >= 15 is 0 Å². The minimum Gasteiger partial charge on any atom is -0.203 e. The van der Waals surface area contributed by atoms with E-state index in [0.717, 1.165) is 12.8 Å². The van der Waals surface area contributed by atoms with Gasteiger partial charge in [0.1, 0.15) is 0 Å². The molecule has 0 saturated carbocycles. The summed E-state index contributed by atoms with van der Waals surface area (Å²) in [4.78, 5) is 0. The minimum absolute atomic E-state index is 0.352. The molecule has 1 aromatic carbocycles. The first-order chi connectivity index (χ1) is 7.66. The smallest absolute Gasteiger partial charge is 0.172 e. The van der Waals surface area contributed by atoms with E-state index in [2.05, 4.69) is 6.92 Å². The molecule has 3 heteroatoms. The molecule has 0 aromatic heterocycles. The van der Waals surface area contributed by atoms with Gasteiger partial charge in [-0.25, -0.2) is 8.78 Å².